The SMILES string of the molecule is CCCCCCC1(CCCCCC)c2cc(-c3cccs3)ccc2-c2c1c1c(c3c2C(CCCCCC)(CCCCCC)c2cc(-c4ccc(C=O)s4)ccc2-3)C(CCCCCC)(CCCCCC)c2cc(-c3cccs3)ccc2-1. The van der Waals surface area contributed by atoms with Crippen molar-refractivity contribution in [3.8, 4) is 64.7 Å². The maximum atomic E-state index is 12.4. The summed E-state index contributed by atoms with van der Waals surface area (Å²) in [6.07, 6.45) is 38.6. The predicted octanol–water partition coefficient (Wildman–Crippen LogP) is 25.3. The first-order chi connectivity index (χ1) is 39.4. The van der Waals surface area contributed by atoms with Gasteiger partial charge in [0.15, 0.2) is 6.29 Å². The van der Waals surface area contributed by atoms with Gasteiger partial charge in [0.2, 0.25) is 0 Å². The van der Waals surface area contributed by atoms with Gasteiger partial charge < -0.3 is 0 Å². The Morgan fingerprint density at radius 1 is 0.350 bits per heavy atom. The van der Waals surface area contributed by atoms with E-state index in [0.29, 0.717) is 0 Å². The zero-order valence-electron chi connectivity index (χ0n) is 50.2. The van der Waals surface area contributed by atoms with E-state index in [1.165, 1.54) is 230 Å². The van der Waals surface area contributed by atoms with Gasteiger partial charge in [0.05, 0.1) is 4.88 Å². The molecule has 0 amide bonds. The Hall–Kier alpha value is -4.35. The Bertz CT molecular complexity index is 3050. The van der Waals surface area contributed by atoms with Crippen LogP contribution < -0.4 is 0 Å². The Morgan fingerprint density at radius 2 is 0.662 bits per heavy atom. The van der Waals surface area contributed by atoms with E-state index in [9.17, 15) is 4.79 Å². The first-order valence-corrected chi connectivity index (χ1v) is 35.3. The molecule has 0 spiro atoms. The molecule has 0 bridgehead atoms. The van der Waals surface area contributed by atoms with E-state index in [2.05, 4.69) is 137 Å². The van der Waals surface area contributed by atoms with Crippen LogP contribution in [-0.2, 0) is 16.2 Å². The van der Waals surface area contributed by atoms with Crippen LogP contribution in [0.1, 0.15) is 277 Å². The molecule has 0 atom stereocenters. The van der Waals surface area contributed by atoms with Gasteiger partial charge in [-0.3, -0.25) is 4.79 Å². The summed E-state index contributed by atoms with van der Waals surface area (Å²) in [6, 6.07) is 37.3. The molecule has 1 nitrogen and oxygen atoms in total. The fourth-order valence-corrected chi connectivity index (χ4v) is 18.1. The summed E-state index contributed by atoms with van der Waals surface area (Å²) in [5.74, 6) is 0. The molecule has 0 fully saturated rings. The lowest BCUT2D eigenvalue weighted by Crippen LogP contribution is -2.31. The Kier molecular flexibility index (Phi) is 20.1. The number of carbonyl (C=O) groups excluding carboxylic acids is 1. The normalized spacial score (nSPS) is 14.7. The Morgan fingerprint density at radius 3 is 0.925 bits per heavy atom. The maximum Gasteiger partial charge on any atom is 0.160 e. The van der Waals surface area contributed by atoms with Crippen LogP contribution in [0.15, 0.2) is 102 Å². The van der Waals surface area contributed by atoms with Gasteiger partial charge in [-0.25, -0.2) is 0 Å². The third-order valence-electron chi connectivity index (χ3n) is 19.7. The minimum atomic E-state index is -0.163. The van der Waals surface area contributed by atoms with Crippen LogP contribution in [0, 0.1) is 0 Å². The molecule has 3 aliphatic rings. The minimum absolute atomic E-state index is 0.124. The highest BCUT2D eigenvalue weighted by Gasteiger charge is 2.57. The quantitative estimate of drug-likeness (QED) is 0.0290. The summed E-state index contributed by atoms with van der Waals surface area (Å²) < 4.78 is 0. The standard InChI is InChI=1S/C76H96OS3/c1-7-13-19-25-43-74(44-26-20-14-8-2)63-52-56(66-34-32-50-79-66)36-40-60(63)69-71(74)68-59-39-35-55(65-33-31-49-78-65)51-62(59)75(45-27-21-15-9-3,46-28-22-16-10-4)72(68)70-61-41-37-57(67-42-38-58(54-77)80-67)53-64(61)76(73(69)70,47-29-23-17-11-5)48-30-24-18-12-6/h31-42,49-54H,7-30,43-48H2,1-6H3. The van der Waals surface area contributed by atoms with Crippen molar-refractivity contribution in [1.82, 2.24) is 0 Å². The molecular formula is C76H96OS3. The highest BCUT2D eigenvalue weighted by Crippen LogP contribution is 2.72. The van der Waals surface area contributed by atoms with E-state index in [0.717, 1.165) is 11.2 Å². The molecule has 3 aliphatic carbocycles. The van der Waals surface area contributed by atoms with Crippen LogP contribution in [0.3, 0.4) is 0 Å². The van der Waals surface area contributed by atoms with Crippen molar-refractivity contribution in [2.75, 3.05) is 0 Å². The van der Waals surface area contributed by atoms with Gasteiger partial charge in [0.1, 0.15) is 0 Å². The fraction of sp³-hybridized carbons (Fsp3) is 0.513. The van der Waals surface area contributed by atoms with Crippen molar-refractivity contribution < 1.29 is 4.79 Å². The van der Waals surface area contributed by atoms with Gasteiger partial charge in [0.25, 0.3) is 0 Å². The van der Waals surface area contributed by atoms with Gasteiger partial charge in [-0.2, -0.15) is 0 Å². The molecular weight excluding hydrogens is 1030 g/mol. The lowest BCUT2D eigenvalue weighted by molar-refractivity contribution is 0.112. The smallest absolute Gasteiger partial charge is 0.160 e. The van der Waals surface area contributed by atoms with Crippen molar-refractivity contribution >= 4 is 40.3 Å². The number of hydrogen-bond acceptors (Lipinski definition) is 4. The van der Waals surface area contributed by atoms with Crippen LogP contribution in [-0.4, -0.2) is 6.29 Å². The molecule has 0 aliphatic heterocycles. The summed E-state index contributed by atoms with van der Waals surface area (Å²) in [5, 5.41) is 4.57. The lowest BCUT2D eigenvalue weighted by Gasteiger charge is -2.40. The zero-order chi connectivity index (χ0) is 55.5. The molecule has 10 rings (SSSR count). The van der Waals surface area contributed by atoms with E-state index in [1.807, 2.05) is 28.7 Å². The second-order valence-electron chi connectivity index (χ2n) is 24.9. The second kappa shape index (κ2) is 27.4. The van der Waals surface area contributed by atoms with E-state index < -0.39 is 0 Å². The number of benzene rings is 4. The summed E-state index contributed by atoms with van der Waals surface area (Å²) in [5.41, 5.74) is 23.4. The molecule has 4 aromatic carbocycles. The topological polar surface area (TPSA) is 17.1 Å². The number of unbranched alkanes of at least 4 members (excludes halogenated alkanes) is 18. The Balaban J connectivity index is 1.40. The summed E-state index contributed by atoms with van der Waals surface area (Å²) in [7, 11) is 0. The van der Waals surface area contributed by atoms with Gasteiger partial charge >= 0.3 is 0 Å². The van der Waals surface area contributed by atoms with E-state index >= 15 is 0 Å². The average molecular weight is 1120 g/mol. The molecule has 80 heavy (non-hydrogen) atoms. The fourth-order valence-electron chi connectivity index (χ4n) is 15.8. The number of carbonyl (C=O) groups is 1. The molecule has 424 valence electrons. The molecule has 0 saturated heterocycles. The third-order valence-corrected chi connectivity index (χ3v) is 22.6. The largest absolute Gasteiger partial charge is 0.297 e. The summed E-state index contributed by atoms with van der Waals surface area (Å²) in [4.78, 5) is 17.2. The highest BCUT2D eigenvalue weighted by molar-refractivity contribution is 7.17. The molecule has 0 radical (unpaired) electrons. The van der Waals surface area contributed by atoms with E-state index in [1.54, 1.807) is 72.5 Å². The van der Waals surface area contributed by atoms with Crippen molar-refractivity contribution in [3.05, 3.63) is 140 Å². The van der Waals surface area contributed by atoms with E-state index in [4.69, 9.17) is 0 Å². The van der Waals surface area contributed by atoms with Crippen LogP contribution in [0.25, 0.3) is 64.7 Å². The molecule has 0 unspecified atom stereocenters. The number of thiophene rings is 3. The van der Waals surface area contributed by atoms with E-state index in [-0.39, 0.29) is 16.2 Å². The minimum Gasteiger partial charge on any atom is -0.297 e. The van der Waals surface area contributed by atoms with Crippen molar-refractivity contribution in [2.45, 2.75) is 250 Å². The highest BCUT2D eigenvalue weighted by atomic mass is 32.1. The number of hydrogen-bond donors (Lipinski definition) is 0. The summed E-state index contributed by atoms with van der Waals surface area (Å²) in [6.45, 7) is 14.4. The molecule has 7 aromatic rings. The molecule has 4 heteroatoms. The van der Waals surface area contributed by atoms with Crippen LogP contribution in [0.2, 0.25) is 0 Å². The first kappa shape index (κ1) is 58.8. The van der Waals surface area contributed by atoms with Gasteiger partial charge in [0, 0.05) is 30.9 Å². The zero-order valence-corrected chi connectivity index (χ0v) is 52.7. The monoisotopic (exact) mass is 1120 g/mol. The van der Waals surface area contributed by atoms with Crippen LogP contribution >= 0.6 is 34.0 Å². The number of fused-ring (bicyclic) bond motifs is 12. The molecule has 0 saturated carbocycles. The van der Waals surface area contributed by atoms with Gasteiger partial charge in [-0.05, 0) is 175 Å². The predicted molar refractivity (Wildman–Crippen MR) is 353 cm³/mol. The van der Waals surface area contributed by atoms with Crippen molar-refractivity contribution in [1.29, 1.82) is 0 Å². The second-order valence-corrected chi connectivity index (χ2v) is 27.9. The van der Waals surface area contributed by atoms with Gasteiger partial charge in [-0.15, -0.1) is 34.0 Å². The average Bonchev–Trinajstić information content (AvgIpc) is 3.36. The first-order valence-electron chi connectivity index (χ1n) is 32.7. The molecule has 3 aromatic heterocycles. The summed E-state index contributed by atoms with van der Waals surface area (Å²) >= 11 is 5.49. The van der Waals surface area contributed by atoms with Crippen LogP contribution in [0.5, 0.6) is 0 Å². The number of rotatable bonds is 34. The maximum absolute atomic E-state index is 12.4. The van der Waals surface area contributed by atoms with Gasteiger partial charge in [-0.1, -0.05) is 244 Å². The third kappa shape index (κ3) is 11.3. The number of aldehydes is 1. The van der Waals surface area contributed by atoms with Crippen molar-refractivity contribution in [3.63, 3.8) is 0 Å². The molecule has 3 heterocycles. The lowest BCUT2D eigenvalue weighted by atomic mass is 9.63. The Labute approximate surface area is 496 Å². The van der Waals surface area contributed by atoms with Crippen LogP contribution in [0.4, 0.5) is 0 Å². The van der Waals surface area contributed by atoms with Crippen molar-refractivity contribution in [2.24, 2.45) is 0 Å². The molecule has 0 N–H and O–H groups in total.